The Morgan fingerprint density at radius 3 is 2.56 bits per heavy atom. The summed E-state index contributed by atoms with van der Waals surface area (Å²) < 4.78 is 10.8. The van der Waals surface area contributed by atoms with Gasteiger partial charge in [0.2, 0.25) is 0 Å². The van der Waals surface area contributed by atoms with Crippen molar-refractivity contribution in [3.05, 3.63) is 23.3 Å². The minimum atomic E-state index is -0.529. The number of thioether (sulfide) groups is 1. The van der Waals surface area contributed by atoms with E-state index in [1.165, 1.54) is 11.8 Å². The minimum absolute atomic E-state index is 0.0533. The van der Waals surface area contributed by atoms with E-state index in [9.17, 15) is 10.4 Å². The predicted octanol–water partition coefficient (Wildman–Crippen LogP) is 2.42. The molecule has 1 heterocycles. The van der Waals surface area contributed by atoms with Gasteiger partial charge in [-0.15, -0.1) is 11.8 Å². The molecule has 0 aliphatic carbocycles. The lowest BCUT2D eigenvalue weighted by molar-refractivity contribution is 0.183. The second-order valence-corrected chi connectivity index (χ2v) is 8.65. The molecule has 1 aliphatic rings. The highest BCUT2D eigenvalue weighted by Crippen LogP contribution is 2.34. The molecule has 2 unspecified atom stereocenters. The van der Waals surface area contributed by atoms with E-state index in [-0.39, 0.29) is 5.54 Å². The van der Waals surface area contributed by atoms with Crippen molar-refractivity contribution < 1.29 is 14.6 Å². The largest absolute Gasteiger partial charge is 0.493 e. The Kier molecular flexibility index (Phi) is 7.54. The average Bonchev–Trinajstić information content (AvgIpc) is 2.65. The summed E-state index contributed by atoms with van der Waals surface area (Å²) in [5.41, 5.74) is 2.73. The van der Waals surface area contributed by atoms with Gasteiger partial charge in [0.15, 0.2) is 11.5 Å². The molecule has 0 amide bonds. The average molecular weight is 392 g/mol. The van der Waals surface area contributed by atoms with Gasteiger partial charge >= 0.3 is 0 Å². The summed E-state index contributed by atoms with van der Waals surface area (Å²) in [6.45, 7) is 7.30. The molecule has 2 atom stereocenters. The van der Waals surface area contributed by atoms with Crippen LogP contribution in [0.5, 0.6) is 11.5 Å². The third kappa shape index (κ3) is 5.86. The first kappa shape index (κ1) is 21.5. The monoisotopic (exact) mass is 391 g/mol. The van der Waals surface area contributed by atoms with Crippen molar-refractivity contribution in [2.75, 3.05) is 33.1 Å². The van der Waals surface area contributed by atoms with Crippen LogP contribution in [0.4, 0.5) is 0 Å². The number of benzene rings is 1. The van der Waals surface area contributed by atoms with Crippen molar-refractivity contribution in [3.63, 3.8) is 0 Å². The molecule has 0 spiro atoms. The molecule has 0 aromatic heterocycles. The van der Waals surface area contributed by atoms with Crippen LogP contribution in [0.3, 0.4) is 0 Å². The Morgan fingerprint density at radius 1 is 1.30 bits per heavy atom. The second kappa shape index (κ2) is 9.45. The molecule has 27 heavy (non-hydrogen) atoms. The maximum Gasteiger partial charge on any atom is 0.161 e. The summed E-state index contributed by atoms with van der Waals surface area (Å²) >= 11 is 1.42. The molecule has 2 N–H and O–H groups in total. The van der Waals surface area contributed by atoms with Crippen molar-refractivity contribution in [1.82, 2.24) is 5.32 Å². The van der Waals surface area contributed by atoms with Crippen molar-refractivity contribution in [2.45, 2.75) is 44.1 Å². The van der Waals surface area contributed by atoms with Crippen molar-refractivity contribution in [3.8, 4) is 17.6 Å². The molecular weight excluding hydrogens is 362 g/mol. The van der Waals surface area contributed by atoms with E-state index in [4.69, 9.17) is 9.47 Å². The summed E-state index contributed by atoms with van der Waals surface area (Å²) in [5.74, 6) is 1.77. The van der Waals surface area contributed by atoms with Crippen LogP contribution in [0.1, 0.15) is 31.9 Å². The quantitative estimate of drug-likeness (QED) is 0.708. The molecule has 1 aliphatic heterocycles. The second-order valence-electron chi connectivity index (χ2n) is 7.51. The van der Waals surface area contributed by atoms with Gasteiger partial charge in [0.25, 0.3) is 0 Å². The number of aliphatic imine (C=N–C) groups is 1. The first-order valence-corrected chi connectivity index (χ1v) is 10.1. The number of hydrogen-bond donors (Lipinski definition) is 2. The Hall–Kier alpha value is -1.75. The van der Waals surface area contributed by atoms with Crippen molar-refractivity contribution in [1.29, 1.82) is 5.26 Å². The lowest BCUT2D eigenvalue weighted by Gasteiger charge is -2.24. The molecule has 1 aromatic rings. The molecule has 0 saturated carbocycles. The normalized spacial score (nSPS) is 16.0. The number of β-amino-alcohol motifs (C(OH)–C–C–N with tert-alkyl or cyclic N) is 1. The number of nitrogens with one attached hydrogen (secondary N) is 1. The zero-order valence-corrected chi connectivity index (χ0v) is 17.5. The van der Waals surface area contributed by atoms with Gasteiger partial charge in [-0.3, -0.25) is 4.99 Å². The van der Waals surface area contributed by atoms with E-state index >= 15 is 0 Å². The number of ether oxygens (including phenoxy) is 2. The van der Waals surface area contributed by atoms with Crippen LogP contribution in [0.15, 0.2) is 17.1 Å². The highest BCUT2D eigenvalue weighted by atomic mass is 32.2. The van der Waals surface area contributed by atoms with E-state index in [2.05, 4.69) is 37.1 Å². The number of methoxy groups -OCH3 is 2. The zero-order valence-electron chi connectivity index (χ0n) is 16.7. The van der Waals surface area contributed by atoms with E-state index < -0.39 is 11.4 Å². The minimum Gasteiger partial charge on any atom is -0.493 e. The van der Waals surface area contributed by atoms with Crippen molar-refractivity contribution >= 4 is 17.5 Å². The number of fused-ring (bicyclic) bond motifs is 1. The molecule has 0 radical (unpaired) electrons. The summed E-state index contributed by atoms with van der Waals surface area (Å²) in [6, 6.07) is 6.19. The van der Waals surface area contributed by atoms with E-state index in [1.54, 1.807) is 14.2 Å². The maximum atomic E-state index is 10.2. The Labute approximate surface area is 166 Å². The van der Waals surface area contributed by atoms with Crippen LogP contribution < -0.4 is 14.8 Å². The van der Waals surface area contributed by atoms with E-state index in [0.717, 1.165) is 23.3 Å². The first-order chi connectivity index (χ1) is 12.8. The third-order valence-electron chi connectivity index (χ3n) is 4.24. The lowest BCUT2D eigenvalue weighted by Crippen LogP contribution is -2.41. The number of aliphatic hydroxyl groups is 1. The fraction of sp³-hybridized carbons (Fsp3) is 0.600. The van der Waals surface area contributed by atoms with Crippen LogP contribution >= 0.6 is 11.8 Å². The van der Waals surface area contributed by atoms with Gasteiger partial charge in [-0.2, -0.15) is 5.26 Å². The molecule has 6 nitrogen and oxygen atoms in total. The zero-order chi connectivity index (χ0) is 20.0. The Morgan fingerprint density at radius 2 is 1.96 bits per heavy atom. The maximum absolute atomic E-state index is 10.2. The van der Waals surface area contributed by atoms with Gasteiger partial charge in [-0.05, 0) is 44.9 Å². The van der Waals surface area contributed by atoms with Crippen LogP contribution in [0.25, 0.3) is 0 Å². The molecule has 7 heteroatoms. The third-order valence-corrected chi connectivity index (χ3v) is 5.48. The first-order valence-electron chi connectivity index (χ1n) is 9.03. The Balaban J connectivity index is 2.12. The van der Waals surface area contributed by atoms with Gasteiger partial charge in [0.1, 0.15) is 5.25 Å². The molecule has 1 aromatic carbocycles. The van der Waals surface area contributed by atoms with Crippen LogP contribution in [0.2, 0.25) is 0 Å². The highest BCUT2D eigenvalue weighted by Gasteiger charge is 2.26. The van der Waals surface area contributed by atoms with E-state index in [0.29, 0.717) is 30.3 Å². The van der Waals surface area contributed by atoms with Gasteiger partial charge < -0.3 is 19.9 Å². The number of hydrogen-bond acceptors (Lipinski definition) is 7. The molecule has 0 bridgehead atoms. The predicted molar refractivity (Wildman–Crippen MR) is 110 cm³/mol. The standard InChI is InChI=1S/C20H29N3O3S/c1-20(2,3)23-11-14(24)12-27-18(10-21)19-15-9-17(26-5)16(25-4)8-13(15)6-7-22-19/h8-9,14,18,23-24H,6-7,11-12H2,1-5H3. The molecule has 148 valence electrons. The number of nitriles is 1. The molecule has 0 fully saturated rings. The fourth-order valence-corrected chi connectivity index (χ4v) is 3.81. The van der Waals surface area contributed by atoms with Gasteiger partial charge in [0, 0.05) is 29.9 Å². The van der Waals surface area contributed by atoms with Crippen LogP contribution in [-0.4, -0.2) is 60.8 Å². The molecular formula is C20H29N3O3S. The van der Waals surface area contributed by atoms with Gasteiger partial charge in [0.05, 0.1) is 32.1 Å². The molecule has 2 rings (SSSR count). The van der Waals surface area contributed by atoms with Crippen molar-refractivity contribution in [2.24, 2.45) is 4.99 Å². The Bertz CT molecular complexity index is 722. The molecule has 0 saturated heterocycles. The smallest absolute Gasteiger partial charge is 0.161 e. The summed E-state index contributed by atoms with van der Waals surface area (Å²) in [4.78, 5) is 4.62. The van der Waals surface area contributed by atoms with Crippen LogP contribution in [0, 0.1) is 11.3 Å². The SMILES string of the molecule is COc1cc2c(cc1OC)C(C(C#N)SCC(O)CNC(C)(C)C)=NCC2. The van der Waals surface area contributed by atoms with E-state index in [1.807, 2.05) is 12.1 Å². The van der Waals surface area contributed by atoms with Crippen LogP contribution in [-0.2, 0) is 6.42 Å². The topological polar surface area (TPSA) is 86.9 Å². The lowest BCUT2D eigenvalue weighted by atomic mass is 9.95. The summed E-state index contributed by atoms with van der Waals surface area (Å²) in [7, 11) is 3.21. The van der Waals surface area contributed by atoms with Gasteiger partial charge in [-0.25, -0.2) is 0 Å². The number of rotatable bonds is 8. The highest BCUT2D eigenvalue weighted by molar-refractivity contribution is 8.00. The number of nitrogens with zero attached hydrogens (tertiary/aromatic N) is 2. The summed E-state index contributed by atoms with van der Waals surface area (Å²) in [6.07, 6.45) is 0.277. The fourth-order valence-electron chi connectivity index (χ4n) is 2.84. The number of aliphatic hydroxyl groups excluding tert-OH is 1. The summed E-state index contributed by atoms with van der Waals surface area (Å²) in [5, 5.41) is 22.8. The van der Waals surface area contributed by atoms with Gasteiger partial charge in [-0.1, -0.05) is 0 Å².